The molecule has 35 heavy (non-hydrogen) atoms. The van der Waals surface area contributed by atoms with E-state index in [0.717, 1.165) is 11.4 Å². The first kappa shape index (κ1) is 24.9. The highest BCUT2D eigenvalue weighted by atomic mass is 32.2. The van der Waals surface area contributed by atoms with Crippen LogP contribution in [0, 0.1) is 17.2 Å². The molecule has 186 valence electrons. The molecular formula is C24H32N8O2S. The van der Waals surface area contributed by atoms with Crippen LogP contribution >= 0.6 is 0 Å². The molecule has 4 heterocycles. The van der Waals surface area contributed by atoms with Gasteiger partial charge in [0.1, 0.15) is 35.3 Å². The standard InChI is InChI=1S/C24H32N8O2S/c1-17(2)12-29-35(33)9-7-31(8-10-35)20-6-5-18(13-27-20)22-23-19(11-25)14-28-32(23)15-21(30-22)34-16-24(3,4)26/h5-6,13-15,17H,7-10,12,16,26H2,1-4H3. The van der Waals surface area contributed by atoms with E-state index >= 15 is 0 Å². The number of nitriles is 1. The molecule has 0 bridgehead atoms. The van der Waals surface area contributed by atoms with Crippen LogP contribution in [-0.4, -0.2) is 67.1 Å². The van der Waals surface area contributed by atoms with Gasteiger partial charge in [-0.05, 0) is 31.9 Å². The number of nitrogens with zero attached hydrogens (tertiary/aromatic N) is 7. The number of pyridine rings is 1. The van der Waals surface area contributed by atoms with Crippen LogP contribution in [0.4, 0.5) is 5.82 Å². The quantitative estimate of drug-likeness (QED) is 0.527. The Bertz CT molecular complexity index is 1350. The molecule has 11 heteroatoms. The normalized spacial score (nSPS) is 15.9. The molecule has 1 aliphatic heterocycles. The highest BCUT2D eigenvalue weighted by Gasteiger charge is 2.22. The van der Waals surface area contributed by atoms with E-state index in [-0.39, 0.29) is 6.61 Å². The third-order valence-corrected chi connectivity index (χ3v) is 7.83. The molecule has 0 aliphatic carbocycles. The summed E-state index contributed by atoms with van der Waals surface area (Å²) < 4.78 is 24.9. The zero-order valence-corrected chi connectivity index (χ0v) is 21.5. The van der Waals surface area contributed by atoms with E-state index in [1.54, 1.807) is 16.9 Å². The predicted octanol–water partition coefficient (Wildman–Crippen LogP) is 2.72. The average molecular weight is 497 g/mol. The van der Waals surface area contributed by atoms with Crippen molar-refractivity contribution < 1.29 is 8.95 Å². The Kier molecular flexibility index (Phi) is 6.96. The first-order valence-corrected chi connectivity index (χ1v) is 13.5. The lowest BCUT2D eigenvalue weighted by atomic mass is 10.1. The Morgan fingerprint density at radius 1 is 1.29 bits per heavy atom. The maximum absolute atomic E-state index is 13.0. The minimum Gasteiger partial charge on any atom is -0.475 e. The Balaban J connectivity index is 1.59. The Hall–Kier alpha value is -3.23. The number of rotatable bonds is 7. The zero-order valence-electron chi connectivity index (χ0n) is 20.6. The molecule has 1 saturated heterocycles. The SMILES string of the molecule is CC(C)CN=S1(=O)CCN(c2ccc(-c3nc(OCC(C)(C)N)cn4ncc(C#N)c34)cn2)CC1. The Morgan fingerprint density at radius 2 is 2.03 bits per heavy atom. The van der Waals surface area contributed by atoms with E-state index in [4.69, 9.17) is 10.5 Å². The first-order chi connectivity index (χ1) is 16.6. The van der Waals surface area contributed by atoms with Crippen molar-refractivity contribution in [1.29, 1.82) is 5.26 Å². The number of hydrogen-bond acceptors (Lipinski definition) is 9. The van der Waals surface area contributed by atoms with E-state index in [1.807, 2.05) is 26.0 Å². The van der Waals surface area contributed by atoms with E-state index < -0.39 is 15.3 Å². The minimum atomic E-state index is -2.14. The predicted molar refractivity (Wildman–Crippen MR) is 137 cm³/mol. The minimum absolute atomic E-state index is 0.274. The van der Waals surface area contributed by atoms with Gasteiger partial charge >= 0.3 is 0 Å². The van der Waals surface area contributed by atoms with Gasteiger partial charge in [-0.15, -0.1) is 0 Å². The summed E-state index contributed by atoms with van der Waals surface area (Å²) in [5.41, 5.74) is 7.82. The number of hydrogen-bond donors (Lipinski definition) is 1. The molecule has 3 aromatic heterocycles. The molecule has 0 amide bonds. The van der Waals surface area contributed by atoms with Crippen LogP contribution in [0.15, 0.2) is 35.1 Å². The lowest BCUT2D eigenvalue weighted by Crippen LogP contribution is -2.40. The van der Waals surface area contributed by atoms with Gasteiger partial charge in [-0.3, -0.25) is 0 Å². The molecule has 1 aliphatic rings. The van der Waals surface area contributed by atoms with Crippen LogP contribution < -0.4 is 15.4 Å². The van der Waals surface area contributed by atoms with Gasteiger partial charge in [0.05, 0.1) is 28.7 Å². The van der Waals surface area contributed by atoms with Gasteiger partial charge in [0, 0.05) is 41.9 Å². The molecule has 0 atom stereocenters. The fourth-order valence-electron chi connectivity index (χ4n) is 3.68. The van der Waals surface area contributed by atoms with Crippen molar-refractivity contribution in [2.24, 2.45) is 16.0 Å². The maximum Gasteiger partial charge on any atom is 0.233 e. The molecule has 10 nitrogen and oxygen atoms in total. The van der Waals surface area contributed by atoms with Crippen molar-refractivity contribution in [3.05, 3.63) is 36.3 Å². The number of anilines is 1. The molecule has 3 aromatic rings. The zero-order chi connectivity index (χ0) is 25.2. The van der Waals surface area contributed by atoms with Gasteiger partial charge in [-0.25, -0.2) is 23.1 Å². The van der Waals surface area contributed by atoms with Gasteiger partial charge in [0.15, 0.2) is 0 Å². The summed E-state index contributed by atoms with van der Waals surface area (Å²) in [5.74, 6) is 2.66. The van der Waals surface area contributed by atoms with Gasteiger partial charge < -0.3 is 15.4 Å². The topological polar surface area (TPSA) is 135 Å². The summed E-state index contributed by atoms with van der Waals surface area (Å²) in [5, 5.41) is 13.9. The van der Waals surface area contributed by atoms with E-state index in [0.29, 0.717) is 59.7 Å². The van der Waals surface area contributed by atoms with Crippen LogP contribution in [-0.2, 0) is 9.73 Å². The van der Waals surface area contributed by atoms with E-state index in [2.05, 4.69) is 44.2 Å². The highest BCUT2D eigenvalue weighted by molar-refractivity contribution is 7.93. The van der Waals surface area contributed by atoms with Crippen molar-refractivity contribution in [3.8, 4) is 23.2 Å². The third kappa shape index (κ3) is 5.89. The molecule has 2 N–H and O–H groups in total. The second kappa shape index (κ2) is 9.79. The number of fused-ring (bicyclic) bond motifs is 1. The molecular weight excluding hydrogens is 464 g/mol. The summed E-state index contributed by atoms with van der Waals surface area (Å²) in [7, 11) is -2.14. The smallest absolute Gasteiger partial charge is 0.233 e. The van der Waals surface area contributed by atoms with Crippen molar-refractivity contribution in [2.45, 2.75) is 33.2 Å². The second-order valence-corrected chi connectivity index (χ2v) is 12.6. The number of ether oxygens (including phenoxy) is 1. The van der Waals surface area contributed by atoms with Crippen molar-refractivity contribution in [1.82, 2.24) is 19.6 Å². The molecule has 0 saturated carbocycles. The summed E-state index contributed by atoms with van der Waals surface area (Å²) >= 11 is 0. The summed E-state index contributed by atoms with van der Waals surface area (Å²) in [6.45, 7) is 10.1. The molecule has 0 radical (unpaired) electrons. The lowest BCUT2D eigenvalue weighted by molar-refractivity contribution is 0.234. The van der Waals surface area contributed by atoms with Crippen LogP contribution in [0.5, 0.6) is 5.88 Å². The molecule has 4 rings (SSSR count). The van der Waals surface area contributed by atoms with Gasteiger partial charge in [-0.2, -0.15) is 10.4 Å². The van der Waals surface area contributed by atoms with E-state index in [1.165, 1.54) is 6.20 Å². The first-order valence-electron chi connectivity index (χ1n) is 11.7. The second-order valence-electron chi connectivity index (χ2n) is 9.95. The monoisotopic (exact) mass is 496 g/mol. The van der Waals surface area contributed by atoms with Gasteiger partial charge in [0.2, 0.25) is 5.88 Å². The molecule has 0 unspecified atom stereocenters. The van der Waals surface area contributed by atoms with Crippen LogP contribution in [0.3, 0.4) is 0 Å². The van der Waals surface area contributed by atoms with Crippen molar-refractivity contribution >= 4 is 21.1 Å². The van der Waals surface area contributed by atoms with E-state index in [9.17, 15) is 9.47 Å². The molecule has 0 aromatic carbocycles. The largest absolute Gasteiger partial charge is 0.475 e. The highest BCUT2D eigenvalue weighted by Crippen LogP contribution is 2.28. The number of aromatic nitrogens is 4. The fourth-order valence-corrected chi connectivity index (χ4v) is 5.72. The molecule has 0 spiro atoms. The Morgan fingerprint density at radius 3 is 2.63 bits per heavy atom. The fraction of sp³-hybridized carbons (Fsp3) is 0.500. The summed E-state index contributed by atoms with van der Waals surface area (Å²) in [6, 6.07) is 6.02. The van der Waals surface area contributed by atoms with Crippen molar-refractivity contribution in [3.63, 3.8) is 0 Å². The average Bonchev–Trinajstić information content (AvgIpc) is 3.24. The molecule has 1 fully saturated rings. The van der Waals surface area contributed by atoms with Gasteiger partial charge in [-0.1, -0.05) is 13.8 Å². The summed E-state index contributed by atoms with van der Waals surface area (Å²) in [4.78, 5) is 11.4. The van der Waals surface area contributed by atoms with Crippen LogP contribution in [0.25, 0.3) is 16.8 Å². The van der Waals surface area contributed by atoms with Crippen LogP contribution in [0.2, 0.25) is 0 Å². The number of nitrogens with two attached hydrogens (primary N) is 1. The van der Waals surface area contributed by atoms with Crippen molar-refractivity contribution in [2.75, 3.05) is 42.6 Å². The Labute approximate surface area is 206 Å². The summed E-state index contributed by atoms with van der Waals surface area (Å²) in [6.07, 6.45) is 4.88. The third-order valence-electron chi connectivity index (χ3n) is 5.57. The van der Waals surface area contributed by atoms with Gasteiger partial charge in [0.25, 0.3) is 0 Å². The maximum atomic E-state index is 13.0. The van der Waals surface area contributed by atoms with Crippen LogP contribution in [0.1, 0.15) is 33.3 Å². The lowest BCUT2D eigenvalue weighted by Gasteiger charge is -2.30.